The minimum atomic E-state index is -3.98. The molecule has 0 fully saturated rings. The van der Waals surface area contributed by atoms with Crippen LogP contribution in [0.15, 0.2) is 69.7 Å². The van der Waals surface area contributed by atoms with Crippen LogP contribution in [-0.2, 0) is 19.6 Å². The molecule has 2 aromatic rings. The number of rotatable bonds is 6. The maximum Gasteiger partial charge on any atom is 0.272 e. The molecule has 3 rings (SSSR count). The van der Waals surface area contributed by atoms with Crippen LogP contribution in [-0.4, -0.2) is 31.5 Å². The molecule has 1 unspecified atom stereocenters. The van der Waals surface area contributed by atoms with Gasteiger partial charge in [-0.1, -0.05) is 35.9 Å². The third kappa shape index (κ3) is 4.71. The summed E-state index contributed by atoms with van der Waals surface area (Å²) in [5, 5.41) is 2.79. The van der Waals surface area contributed by atoms with Crippen LogP contribution in [0.3, 0.4) is 0 Å². The van der Waals surface area contributed by atoms with Gasteiger partial charge in [0.2, 0.25) is 0 Å². The summed E-state index contributed by atoms with van der Waals surface area (Å²) in [7, 11) is -3.98. The highest BCUT2D eigenvalue weighted by Crippen LogP contribution is 2.31. The minimum Gasteiger partial charge on any atom is -0.358 e. The molecule has 29 heavy (non-hydrogen) atoms. The Hall–Kier alpha value is -2.16. The number of amides is 1. The zero-order valence-corrected chi connectivity index (χ0v) is 18.7. The second-order valence-electron chi connectivity index (χ2n) is 6.62. The van der Waals surface area contributed by atoms with E-state index in [2.05, 4.69) is 21.2 Å². The monoisotopic (exact) mass is 478 g/mol. The first kappa shape index (κ1) is 21.5. The molecule has 0 bridgehead atoms. The Morgan fingerprint density at radius 1 is 1.21 bits per heavy atom. The second kappa shape index (κ2) is 9.11. The van der Waals surface area contributed by atoms with Crippen molar-refractivity contribution < 1.29 is 17.9 Å². The van der Waals surface area contributed by atoms with E-state index in [0.29, 0.717) is 29.6 Å². The zero-order chi connectivity index (χ0) is 21.0. The Morgan fingerprint density at radius 3 is 2.55 bits per heavy atom. The maximum atomic E-state index is 13.4. The quantitative estimate of drug-likeness (QED) is 0.666. The molecule has 154 valence electrons. The summed E-state index contributed by atoms with van der Waals surface area (Å²) in [6.45, 7) is 4.02. The van der Waals surface area contributed by atoms with Crippen molar-refractivity contribution in [2.45, 2.75) is 37.8 Å². The average molecular weight is 479 g/mol. The molecule has 0 aliphatic carbocycles. The van der Waals surface area contributed by atoms with Gasteiger partial charge in [0.05, 0.1) is 10.6 Å². The number of halogens is 1. The lowest BCUT2D eigenvalue weighted by Crippen LogP contribution is -2.46. The molecule has 0 aromatic heterocycles. The average Bonchev–Trinajstić information content (AvgIpc) is 2.70. The Labute approximate surface area is 179 Å². The van der Waals surface area contributed by atoms with Crippen LogP contribution in [0.25, 0.3) is 0 Å². The molecule has 1 amide bonds. The number of allylic oxidation sites excluding steroid dienone is 1. The summed E-state index contributed by atoms with van der Waals surface area (Å²) >= 11 is 3.39. The van der Waals surface area contributed by atoms with Gasteiger partial charge in [-0.2, -0.15) is 0 Å². The molecule has 0 saturated carbocycles. The van der Waals surface area contributed by atoms with Crippen LogP contribution >= 0.6 is 15.9 Å². The van der Waals surface area contributed by atoms with Crippen molar-refractivity contribution in [3.8, 4) is 0 Å². The number of hydrogen-bond donors (Lipinski definition) is 1. The Morgan fingerprint density at radius 2 is 1.90 bits per heavy atom. The molecular formula is C21H23BrN2O4S. The minimum absolute atomic E-state index is 0.0611. The number of ether oxygens (including phenoxy) is 1. The van der Waals surface area contributed by atoms with Crippen LogP contribution in [0.1, 0.15) is 25.3 Å². The number of nitrogens with one attached hydrogen (secondary N) is 1. The first-order valence-electron chi connectivity index (χ1n) is 9.33. The highest BCUT2D eigenvalue weighted by Gasteiger charge is 2.38. The lowest BCUT2D eigenvalue weighted by Gasteiger charge is -2.36. The number of para-hydroxylation sites is 1. The number of hydrogen-bond acceptors (Lipinski definition) is 4. The fourth-order valence-electron chi connectivity index (χ4n) is 3.12. The van der Waals surface area contributed by atoms with Crippen molar-refractivity contribution in [2.24, 2.45) is 0 Å². The van der Waals surface area contributed by atoms with E-state index in [0.717, 1.165) is 9.87 Å². The SMILES string of the molecule is CCOC1CCC=C(C(=O)Nc2ccccc2Br)N1S(=O)(=O)c1ccc(C)cc1. The first-order chi connectivity index (χ1) is 13.8. The molecule has 8 heteroatoms. The Balaban J connectivity index is 1.99. The van der Waals surface area contributed by atoms with Gasteiger partial charge < -0.3 is 10.1 Å². The number of carbonyl (C=O) groups excluding carboxylic acids is 1. The van der Waals surface area contributed by atoms with Crippen LogP contribution in [0.5, 0.6) is 0 Å². The molecule has 0 spiro atoms. The van der Waals surface area contributed by atoms with E-state index in [1.54, 1.807) is 55.5 Å². The van der Waals surface area contributed by atoms with Gasteiger partial charge in [-0.3, -0.25) is 4.79 Å². The van der Waals surface area contributed by atoms with Crippen LogP contribution in [0.2, 0.25) is 0 Å². The van der Waals surface area contributed by atoms with Crippen molar-refractivity contribution in [1.82, 2.24) is 4.31 Å². The Bertz CT molecular complexity index is 1020. The Kier molecular flexibility index (Phi) is 6.77. The summed E-state index contributed by atoms with van der Waals surface area (Å²) in [6.07, 6.45) is 1.93. The molecule has 6 nitrogen and oxygen atoms in total. The smallest absolute Gasteiger partial charge is 0.272 e. The van der Waals surface area contributed by atoms with Gasteiger partial charge >= 0.3 is 0 Å². The van der Waals surface area contributed by atoms with Gasteiger partial charge in [0, 0.05) is 11.1 Å². The molecule has 1 aliphatic heterocycles. The summed E-state index contributed by atoms with van der Waals surface area (Å²) in [6, 6.07) is 13.7. The molecule has 0 radical (unpaired) electrons. The molecule has 0 saturated heterocycles. The van der Waals surface area contributed by atoms with Crippen molar-refractivity contribution in [1.29, 1.82) is 0 Å². The predicted octanol–water partition coefficient (Wildman–Crippen LogP) is 4.43. The highest BCUT2D eigenvalue weighted by atomic mass is 79.9. The fraction of sp³-hybridized carbons (Fsp3) is 0.286. The van der Waals surface area contributed by atoms with Crippen LogP contribution in [0.4, 0.5) is 5.69 Å². The van der Waals surface area contributed by atoms with Crippen molar-refractivity contribution in [3.05, 3.63) is 70.3 Å². The number of sulfonamides is 1. The van der Waals surface area contributed by atoms with E-state index < -0.39 is 22.2 Å². The van der Waals surface area contributed by atoms with Gasteiger partial charge in [0.1, 0.15) is 11.9 Å². The molecule has 1 N–H and O–H groups in total. The van der Waals surface area contributed by atoms with Gasteiger partial charge in [0.25, 0.3) is 15.9 Å². The zero-order valence-electron chi connectivity index (χ0n) is 16.3. The summed E-state index contributed by atoms with van der Waals surface area (Å²) in [5.41, 5.74) is 1.57. The summed E-state index contributed by atoms with van der Waals surface area (Å²) in [4.78, 5) is 13.2. The van der Waals surface area contributed by atoms with Crippen molar-refractivity contribution in [2.75, 3.05) is 11.9 Å². The van der Waals surface area contributed by atoms with Gasteiger partial charge in [-0.25, -0.2) is 12.7 Å². The maximum absolute atomic E-state index is 13.4. The van der Waals surface area contributed by atoms with E-state index in [1.807, 2.05) is 13.0 Å². The van der Waals surface area contributed by atoms with Crippen LogP contribution < -0.4 is 5.32 Å². The summed E-state index contributed by atoms with van der Waals surface area (Å²) in [5.74, 6) is -0.503. The standard InChI is InChI=1S/C21H23BrN2O4S/c1-3-28-20-10-6-9-19(21(25)23-18-8-5-4-7-17(18)22)24(20)29(26,27)16-13-11-15(2)12-14-16/h4-5,7-9,11-14,20H,3,6,10H2,1-2H3,(H,23,25). The third-order valence-electron chi connectivity index (χ3n) is 4.54. The van der Waals surface area contributed by atoms with E-state index >= 15 is 0 Å². The fourth-order valence-corrected chi connectivity index (χ4v) is 5.10. The van der Waals surface area contributed by atoms with E-state index in [1.165, 1.54) is 0 Å². The van der Waals surface area contributed by atoms with Crippen molar-refractivity contribution in [3.63, 3.8) is 0 Å². The van der Waals surface area contributed by atoms with E-state index in [-0.39, 0.29) is 10.6 Å². The van der Waals surface area contributed by atoms with E-state index in [9.17, 15) is 13.2 Å². The van der Waals surface area contributed by atoms with Crippen LogP contribution in [0, 0.1) is 6.92 Å². The lowest BCUT2D eigenvalue weighted by atomic mass is 10.1. The first-order valence-corrected chi connectivity index (χ1v) is 11.6. The highest BCUT2D eigenvalue weighted by molar-refractivity contribution is 9.10. The number of aryl methyl sites for hydroxylation is 1. The molecule has 1 atom stereocenters. The van der Waals surface area contributed by atoms with E-state index in [4.69, 9.17) is 4.74 Å². The third-order valence-corrected chi connectivity index (χ3v) is 7.05. The van der Waals surface area contributed by atoms with Gasteiger partial charge in [-0.05, 0) is 66.9 Å². The number of benzene rings is 2. The normalized spacial score (nSPS) is 17.0. The molecule has 1 aliphatic rings. The number of nitrogens with zero attached hydrogens (tertiary/aromatic N) is 1. The largest absolute Gasteiger partial charge is 0.358 e. The summed E-state index contributed by atoms with van der Waals surface area (Å²) < 4.78 is 34.4. The molecule has 2 aromatic carbocycles. The molecular weight excluding hydrogens is 456 g/mol. The number of carbonyl (C=O) groups is 1. The van der Waals surface area contributed by atoms with Crippen molar-refractivity contribution >= 4 is 37.5 Å². The number of anilines is 1. The van der Waals surface area contributed by atoms with Gasteiger partial charge in [-0.15, -0.1) is 0 Å². The molecule has 1 heterocycles. The second-order valence-corrected chi connectivity index (χ2v) is 9.29. The predicted molar refractivity (Wildman–Crippen MR) is 116 cm³/mol. The lowest BCUT2D eigenvalue weighted by molar-refractivity contribution is -0.115. The topological polar surface area (TPSA) is 75.7 Å². The van der Waals surface area contributed by atoms with Gasteiger partial charge in [0.15, 0.2) is 0 Å².